The number of hydrogen-bond acceptors (Lipinski definition) is 5. The van der Waals surface area contributed by atoms with Crippen molar-refractivity contribution in [3.63, 3.8) is 0 Å². The number of ether oxygens (including phenoxy) is 2. The van der Waals surface area contributed by atoms with Gasteiger partial charge in [0, 0.05) is 23.7 Å². The predicted octanol–water partition coefficient (Wildman–Crippen LogP) is 3.71. The molecule has 0 amide bonds. The Hall–Kier alpha value is -2.14. The summed E-state index contributed by atoms with van der Waals surface area (Å²) in [5.74, 6) is 2.10. The smallest absolute Gasteiger partial charge is 0.231 e. The van der Waals surface area contributed by atoms with E-state index in [1.54, 1.807) is 18.4 Å². The van der Waals surface area contributed by atoms with Gasteiger partial charge in [-0.05, 0) is 37.6 Å². The second-order valence-electron chi connectivity index (χ2n) is 5.84. The maximum Gasteiger partial charge on any atom is 0.231 e. The molecular weight excluding hydrogens is 282 g/mol. The second-order valence-corrected chi connectivity index (χ2v) is 5.84. The molecule has 1 aromatic carbocycles. The van der Waals surface area contributed by atoms with E-state index in [1.807, 2.05) is 18.2 Å². The van der Waals surface area contributed by atoms with E-state index in [9.17, 15) is 5.11 Å². The molecule has 1 unspecified atom stereocenters. The van der Waals surface area contributed by atoms with Gasteiger partial charge in [0.15, 0.2) is 11.5 Å². The summed E-state index contributed by atoms with van der Waals surface area (Å²) in [7, 11) is 0. The summed E-state index contributed by atoms with van der Waals surface area (Å²) < 4.78 is 16.0. The van der Waals surface area contributed by atoms with Crippen molar-refractivity contribution in [2.45, 2.75) is 38.3 Å². The Morgan fingerprint density at radius 1 is 1.27 bits per heavy atom. The third kappa shape index (κ3) is 3.04. The molecule has 5 heteroatoms. The van der Waals surface area contributed by atoms with Crippen molar-refractivity contribution in [3.05, 3.63) is 42.4 Å². The third-order valence-corrected chi connectivity index (χ3v) is 4.11. The Morgan fingerprint density at radius 2 is 2.09 bits per heavy atom. The number of benzene rings is 1. The van der Waals surface area contributed by atoms with Gasteiger partial charge >= 0.3 is 0 Å². The van der Waals surface area contributed by atoms with Gasteiger partial charge in [0.1, 0.15) is 11.9 Å². The molecule has 1 aliphatic heterocycles. The van der Waals surface area contributed by atoms with Gasteiger partial charge in [-0.1, -0.05) is 6.92 Å². The van der Waals surface area contributed by atoms with Crippen molar-refractivity contribution in [2.24, 2.45) is 0 Å². The zero-order valence-corrected chi connectivity index (χ0v) is 12.8. The Bertz CT molecular complexity index is 626. The van der Waals surface area contributed by atoms with Crippen LogP contribution < -0.4 is 14.8 Å². The molecule has 0 aliphatic carbocycles. The molecule has 1 aromatic heterocycles. The molecule has 0 spiro atoms. The van der Waals surface area contributed by atoms with Crippen LogP contribution in [0.1, 0.15) is 38.6 Å². The summed E-state index contributed by atoms with van der Waals surface area (Å²) in [5.41, 5.74) is 0.681. The van der Waals surface area contributed by atoms with E-state index in [0.29, 0.717) is 12.2 Å². The van der Waals surface area contributed by atoms with Gasteiger partial charge in [0.25, 0.3) is 0 Å². The number of rotatable bonds is 6. The molecule has 0 fully saturated rings. The van der Waals surface area contributed by atoms with Gasteiger partial charge in [-0.25, -0.2) is 0 Å². The summed E-state index contributed by atoms with van der Waals surface area (Å²) in [5, 5.41) is 13.8. The van der Waals surface area contributed by atoms with Crippen LogP contribution in [-0.2, 0) is 0 Å². The molecule has 2 atom stereocenters. The molecule has 0 radical (unpaired) electrons. The number of hydrogen-bond donors (Lipinski definition) is 2. The van der Waals surface area contributed by atoms with E-state index in [4.69, 9.17) is 13.9 Å². The summed E-state index contributed by atoms with van der Waals surface area (Å²) in [6.45, 7) is 4.44. The minimum atomic E-state index is -0.638. The summed E-state index contributed by atoms with van der Waals surface area (Å²) in [6, 6.07) is 9.36. The number of aliphatic hydroxyl groups is 1. The topological polar surface area (TPSA) is 63.9 Å². The van der Waals surface area contributed by atoms with Crippen LogP contribution in [0.3, 0.4) is 0 Å². The lowest BCUT2D eigenvalue weighted by molar-refractivity contribution is 0.117. The maximum atomic E-state index is 10.3. The van der Waals surface area contributed by atoms with Crippen molar-refractivity contribution in [1.82, 2.24) is 0 Å². The number of fused-ring (bicyclic) bond motifs is 1. The van der Waals surface area contributed by atoms with Crippen LogP contribution in [0.15, 0.2) is 41.0 Å². The van der Waals surface area contributed by atoms with E-state index >= 15 is 0 Å². The highest BCUT2D eigenvalue weighted by atomic mass is 16.7. The second kappa shape index (κ2) is 5.93. The highest BCUT2D eigenvalue weighted by molar-refractivity contribution is 5.56. The molecule has 0 saturated carbocycles. The van der Waals surface area contributed by atoms with Crippen molar-refractivity contribution >= 4 is 5.69 Å². The fourth-order valence-corrected chi connectivity index (χ4v) is 2.61. The van der Waals surface area contributed by atoms with E-state index in [2.05, 4.69) is 19.2 Å². The van der Waals surface area contributed by atoms with Crippen LogP contribution in [0.2, 0.25) is 0 Å². The lowest BCUT2D eigenvalue weighted by Gasteiger charge is -2.32. The molecule has 2 heterocycles. The normalized spacial score (nSPS) is 17.0. The molecule has 2 aromatic rings. The van der Waals surface area contributed by atoms with Crippen molar-refractivity contribution in [2.75, 3.05) is 12.1 Å². The molecule has 2 N–H and O–H groups in total. The van der Waals surface area contributed by atoms with Crippen LogP contribution in [0.4, 0.5) is 5.69 Å². The van der Waals surface area contributed by atoms with Crippen LogP contribution in [0.5, 0.6) is 11.5 Å². The van der Waals surface area contributed by atoms with E-state index < -0.39 is 6.10 Å². The first-order valence-electron chi connectivity index (χ1n) is 7.49. The van der Waals surface area contributed by atoms with Gasteiger partial charge in [-0.2, -0.15) is 0 Å². The van der Waals surface area contributed by atoms with Crippen molar-refractivity contribution < 1.29 is 19.0 Å². The maximum absolute atomic E-state index is 10.3. The Labute approximate surface area is 129 Å². The molecule has 1 aliphatic rings. The lowest BCUT2D eigenvalue weighted by atomic mass is 9.90. The lowest BCUT2D eigenvalue weighted by Crippen LogP contribution is -2.35. The minimum Gasteiger partial charge on any atom is -0.467 e. The third-order valence-electron chi connectivity index (χ3n) is 4.11. The molecule has 3 rings (SSSR count). The van der Waals surface area contributed by atoms with E-state index in [0.717, 1.165) is 23.6 Å². The number of nitrogens with one attached hydrogen (secondary N) is 1. The van der Waals surface area contributed by atoms with E-state index in [-0.39, 0.29) is 12.3 Å². The standard InChI is InChI=1S/C17H21NO4/c1-3-17(2,10-13(19)14-5-4-8-20-14)18-12-6-7-15-16(9-12)22-11-21-15/h4-9,13,18-19H,3,10-11H2,1-2H3/t13-,17?/m1/s1. The highest BCUT2D eigenvalue weighted by Gasteiger charge is 2.28. The molecule has 5 nitrogen and oxygen atoms in total. The summed E-state index contributed by atoms with van der Waals surface area (Å²) in [4.78, 5) is 0. The first-order valence-corrected chi connectivity index (χ1v) is 7.49. The Morgan fingerprint density at radius 3 is 2.82 bits per heavy atom. The van der Waals surface area contributed by atoms with E-state index in [1.165, 1.54) is 0 Å². The minimum absolute atomic E-state index is 0.264. The average molecular weight is 303 g/mol. The molecule has 0 bridgehead atoms. The van der Waals surface area contributed by atoms with Gasteiger partial charge in [-0.3, -0.25) is 0 Å². The van der Waals surface area contributed by atoms with Crippen LogP contribution in [0, 0.1) is 0 Å². The zero-order chi connectivity index (χ0) is 15.6. The highest BCUT2D eigenvalue weighted by Crippen LogP contribution is 2.36. The summed E-state index contributed by atoms with van der Waals surface area (Å²) in [6.07, 6.45) is 2.35. The Kier molecular flexibility index (Phi) is 3.98. The number of anilines is 1. The fraction of sp³-hybridized carbons (Fsp3) is 0.412. The largest absolute Gasteiger partial charge is 0.467 e. The first kappa shape index (κ1) is 14.8. The van der Waals surface area contributed by atoms with Gasteiger partial charge in [0.05, 0.1) is 6.26 Å². The van der Waals surface area contributed by atoms with Gasteiger partial charge < -0.3 is 24.3 Å². The molecular formula is C17H21NO4. The Balaban J connectivity index is 1.72. The van der Waals surface area contributed by atoms with Crippen LogP contribution in [-0.4, -0.2) is 17.4 Å². The average Bonchev–Trinajstić information content (AvgIpc) is 3.18. The van der Waals surface area contributed by atoms with Crippen LogP contribution >= 0.6 is 0 Å². The van der Waals surface area contributed by atoms with Gasteiger partial charge in [0.2, 0.25) is 6.79 Å². The van der Waals surface area contributed by atoms with Gasteiger partial charge in [-0.15, -0.1) is 0 Å². The van der Waals surface area contributed by atoms with Crippen molar-refractivity contribution in [1.29, 1.82) is 0 Å². The summed E-state index contributed by atoms with van der Waals surface area (Å²) >= 11 is 0. The SMILES string of the molecule is CCC(C)(C[C@@H](O)c1ccco1)Nc1ccc2c(c1)OCO2. The molecule has 118 valence electrons. The first-order chi connectivity index (χ1) is 10.6. The number of aliphatic hydroxyl groups excluding tert-OH is 1. The quantitative estimate of drug-likeness (QED) is 0.851. The monoisotopic (exact) mass is 303 g/mol. The van der Waals surface area contributed by atoms with Crippen molar-refractivity contribution in [3.8, 4) is 11.5 Å². The van der Waals surface area contributed by atoms with Crippen LogP contribution in [0.25, 0.3) is 0 Å². The predicted molar refractivity (Wildman–Crippen MR) is 83.2 cm³/mol. The fourth-order valence-electron chi connectivity index (χ4n) is 2.61. The molecule has 22 heavy (non-hydrogen) atoms. The zero-order valence-electron chi connectivity index (χ0n) is 12.8. The molecule has 0 saturated heterocycles. The number of furan rings is 1.